The molecule has 0 aliphatic carbocycles. The average molecular weight is 439 g/mol. The van der Waals surface area contributed by atoms with Gasteiger partial charge in [-0.15, -0.1) is 0 Å². The van der Waals surface area contributed by atoms with Gasteiger partial charge in [-0.05, 0) is 19.1 Å². The van der Waals surface area contributed by atoms with Crippen molar-refractivity contribution < 1.29 is 9.53 Å². The zero-order chi connectivity index (χ0) is 23.5. The Morgan fingerprint density at radius 2 is 2.03 bits per heavy atom. The summed E-state index contributed by atoms with van der Waals surface area (Å²) >= 11 is 0. The molecule has 10 nitrogen and oxygen atoms in total. The second-order valence-electron chi connectivity index (χ2n) is 8.62. The predicted molar refractivity (Wildman–Crippen MR) is 124 cm³/mol. The maximum atomic E-state index is 11.2. The van der Waals surface area contributed by atoms with Crippen molar-refractivity contribution in [2.24, 2.45) is 0 Å². The van der Waals surface area contributed by atoms with Crippen molar-refractivity contribution in [1.29, 1.82) is 0 Å². The number of rotatable bonds is 7. The molecule has 0 aliphatic heterocycles. The van der Waals surface area contributed by atoms with Crippen molar-refractivity contribution in [3.05, 3.63) is 30.4 Å². The Morgan fingerprint density at radius 1 is 1.28 bits per heavy atom. The number of H-pyrrole nitrogens is 1. The van der Waals surface area contributed by atoms with Gasteiger partial charge in [0, 0.05) is 42.9 Å². The molecule has 0 radical (unpaired) electrons. The first-order valence-corrected chi connectivity index (χ1v) is 10.3. The normalized spacial score (nSPS) is 12.3. The summed E-state index contributed by atoms with van der Waals surface area (Å²) in [5.74, 6) is 1.96. The summed E-state index contributed by atoms with van der Waals surface area (Å²) in [6.45, 7) is 10.1. The van der Waals surface area contributed by atoms with E-state index in [1.54, 1.807) is 19.5 Å². The van der Waals surface area contributed by atoms with E-state index in [4.69, 9.17) is 15.5 Å². The number of nitrogens with one attached hydrogen (secondary N) is 3. The number of imidazole rings is 1. The first-order chi connectivity index (χ1) is 15.1. The van der Waals surface area contributed by atoms with Crippen LogP contribution in [0.2, 0.25) is 0 Å². The van der Waals surface area contributed by atoms with Crippen LogP contribution in [-0.4, -0.2) is 50.5 Å². The van der Waals surface area contributed by atoms with Gasteiger partial charge in [-0.25, -0.2) is 19.9 Å². The molecule has 0 saturated heterocycles. The van der Waals surface area contributed by atoms with Crippen LogP contribution in [0.25, 0.3) is 22.6 Å². The van der Waals surface area contributed by atoms with Crippen LogP contribution in [0.4, 0.5) is 11.8 Å². The summed E-state index contributed by atoms with van der Waals surface area (Å²) in [6.07, 6.45) is 3.34. The number of ether oxygens (including phenoxy) is 1. The Balaban J connectivity index is 2.00. The Bertz CT molecular complexity index is 1100. The van der Waals surface area contributed by atoms with E-state index < -0.39 is 0 Å². The summed E-state index contributed by atoms with van der Waals surface area (Å²) in [5.41, 5.74) is 8.54. The van der Waals surface area contributed by atoms with Gasteiger partial charge in [-0.2, -0.15) is 0 Å². The molecular formula is C22H30N8O2. The van der Waals surface area contributed by atoms with Crippen LogP contribution in [0.5, 0.6) is 5.75 Å². The van der Waals surface area contributed by atoms with Crippen LogP contribution in [0, 0.1) is 0 Å². The van der Waals surface area contributed by atoms with Crippen LogP contribution in [0.3, 0.4) is 0 Å². The van der Waals surface area contributed by atoms with Crippen LogP contribution < -0.4 is 21.1 Å². The number of nitrogen functional groups attached to an aromatic ring is 1. The molecule has 1 atom stereocenters. The van der Waals surface area contributed by atoms with Gasteiger partial charge < -0.3 is 26.1 Å². The second kappa shape index (κ2) is 9.21. The third-order valence-corrected chi connectivity index (χ3v) is 4.72. The molecule has 32 heavy (non-hydrogen) atoms. The molecule has 0 fully saturated rings. The van der Waals surface area contributed by atoms with Crippen LogP contribution in [0.15, 0.2) is 24.5 Å². The zero-order valence-electron chi connectivity index (χ0n) is 19.3. The summed E-state index contributed by atoms with van der Waals surface area (Å²) in [7, 11) is 1.55. The monoisotopic (exact) mass is 438 g/mol. The van der Waals surface area contributed by atoms with Crippen LogP contribution >= 0.6 is 0 Å². The predicted octanol–water partition coefficient (Wildman–Crippen LogP) is 2.75. The number of methoxy groups -OCH3 is 1. The number of aromatic nitrogens is 5. The molecule has 0 spiro atoms. The minimum absolute atomic E-state index is 0.0664. The number of hydrogen-bond acceptors (Lipinski definition) is 8. The lowest BCUT2D eigenvalue weighted by Gasteiger charge is -2.14. The number of anilines is 2. The van der Waals surface area contributed by atoms with E-state index in [1.165, 1.54) is 6.92 Å². The number of nitrogens with two attached hydrogens (primary N) is 1. The number of amides is 1. The Hall–Kier alpha value is -3.69. The van der Waals surface area contributed by atoms with E-state index in [1.807, 2.05) is 19.1 Å². The van der Waals surface area contributed by atoms with Gasteiger partial charge >= 0.3 is 0 Å². The SMILES string of the molecule is COc1cc(-c2nc(C(C)(C)C)[nH]c2-c2ccnc(NCC(C)NC(C)=O)n2)cnc1N. The van der Waals surface area contributed by atoms with E-state index >= 15 is 0 Å². The molecule has 3 aromatic heterocycles. The summed E-state index contributed by atoms with van der Waals surface area (Å²) < 4.78 is 5.34. The van der Waals surface area contributed by atoms with Crippen molar-refractivity contribution in [2.75, 3.05) is 24.7 Å². The Morgan fingerprint density at radius 3 is 2.69 bits per heavy atom. The van der Waals surface area contributed by atoms with Gasteiger partial charge in [-0.1, -0.05) is 20.8 Å². The highest BCUT2D eigenvalue weighted by Gasteiger charge is 2.24. The molecule has 0 aromatic carbocycles. The maximum absolute atomic E-state index is 11.2. The fourth-order valence-corrected chi connectivity index (χ4v) is 3.10. The molecule has 3 heterocycles. The summed E-state index contributed by atoms with van der Waals surface area (Å²) in [4.78, 5) is 32.7. The third kappa shape index (κ3) is 5.32. The highest BCUT2D eigenvalue weighted by molar-refractivity contribution is 5.78. The number of carbonyl (C=O) groups excluding carboxylic acids is 1. The minimum Gasteiger partial charge on any atom is -0.493 e. The Kier molecular flexibility index (Phi) is 6.61. The van der Waals surface area contributed by atoms with Gasteiger partial charge in [0.05, 0.1) is 24.2 Å². The topological polar surface area (TPSA) is 144 Å². The third-order valence-electron chi connectivity index (χ3n) is 4.72. The number of aromatic amines is 1. The summed E-state index contributed by atoms with van der Waals surface area (Å²) in [6, 6.07) is 3.56. The fraction of sp³-hybridized carbons (Fsp3) is 0.409. The first kappa shape index (κ1) is 23.0. The number of nitrogens with zero attached hydrogens (tertiary/aromatic N) is 4. The highest BCUT2D eigenvalue weighted by Crippen LogP contribution is 2.34. The largest absolute Gasteiger partial charge is 0.493 e. The number of hydrogen-bond donors (Lipinski definition) is 4. The second-order valence-corrected chi connectivity index (χ2v) is 8.62. The maximum Gasteiger partial charge on any atom is 0.223 e. The molecule has 10 heteroatoms. The highest BCUT2D eigenvalue weighted by atomic mass is 16.5. The van der Waals surface area contributed by atoms with Gasteiger partial charge in [0.2, 0.25) is 11.9 Å². The van der Waals surface area contributed by atoms with Crippen molar-refractivity contribution >= 4 is 17.7 Å². The van der Waals surface area contributed by atoms with Gasteiger partial charge in [0.25, 0.3) is 0 Å². The van der Waals surface area contributed by atoms with Crippen molar-refractivity contribution in [1.82, 2.24) is 30.2 Å². The number of pyridine rings is 1. The van der Waals surface area contributed by atoms with Gasteiger partial charge in [0.1, 0.15) is 5.82 Å². The van der Waals surface area contributed by atoms with E-state index in [2.05, 4.69) is 51.3 Å². The smallest absolute Gasteiger partial charge is 0.223 e. The van der Waals surface area contributed by atoms with E-state index in [9.17, 15) is 4.79 Å². The van der Waals surface area contributed by atoms with Crippen molar-refractivity contribution in [2.45, 2.75) is 46.1 Å². The standard InChI is InChI=1S/C22H30N8O2/c1-12(27-13(2)31)10-26-21-24-8-7-15(28-21)18-17(29-20(30-18)22(3,4)5)14-9-16(32-6)19(23)25-11-14/h7-9,11-12H,10H2,1-6H3,(H2,23,25)(H,27,31)(H,29,30)(H,24,26,28). The quantitative estimate of drug-likeness (QED) is 0.441. The van der Waals surface area contributed by atoms with Crippen LogP contribution in [0.1, 0.15) is 40.4 Å². The molecule has 3 aromatic rings. The molecule has 170 valence electrons. The molecular weight excluding hydrogens is 408 g/mol. The lowest BCUT2D eigenvalue weighted by Crippen LogP contribution is -2.36. The van der Waals surface area contributed by atoms with Crippen molar-refractivity contribution in [3.8, 4) is 28.4 Å². The van der Waals surface area contributed by atoms with E-state index in [0.717, 1.165) is 17.1 Å². The minimum atomic E-state index is -0.208. The molecule has 0 aliphatic rings. The molecule has 1 unspecified atom stereocenters. The lowest BCUT2D eigenvalue weighted by atomic mass is 9.96. The average Bonchev–Trinajstić information content (AvgIpc) is 3.18. The van der Waals surface area contributed by atoms with Crippen LogP contribution in [-0.2, 0) is 10.2 Å². The lowest BCUT2D eigenvalue weighted by molar-refractivity contribution is -0.119. The number of carbonyl (C=O) groups is 1. The zero-order valence-corrected chi connectivity index (χ0v) is 19.3. The van der Waals surface area contributed by atoms with Crippen molar-refractivity contribution in [3.63, 3.8) is 0 Å². The van der Waals surface area contributed by atoms with E-state index in [0.29, 0.717) is 35.4 Å². The first-order valence-electron chi connectivity index (χ1n) is 10.3. The molecule has 1 amide bonds. The molecule has 5 N–H and O–H groups in total. The Labute approximate surface area is 187 Å². The fourth-order valence-electron chi connectivity index (χ4n) is 3.10. The molecule has 0 bridgehead atoms. The van der Waals surface area contributed by atoms with E-state index in [-0.39, 0.29) is 17.4 Å². The van der Waals surface area contributed by atoms with Gasteiger partial charge in [-0.3, -0.25) is 4.79 Å². The molecule has 3 rings (SSSR count). The van der Waals surface area contributed by atoms with Gasteiger partial charge in [0.15, 0.2) is 11.6 Å². The molecule has 0 saturated carbocycles. The summed E-state index contributed by atoms with van der Waals surface area (Å²) in [5, 5.41) is 5.98.